The fourth-order valence-electron chi connectivity index (χ4n) is 3.06. The maximum absolute atomic E-state index is 13.3. The van der Waals surface area contributed by atoms with Crippen LogP contribution < -0.4 is 4.90 Å². The van der Waals surface area contributed by atoms with E-state index in [-0.39, 0.29) is 5.91 Å². The predicted octanol–water partition coefficient (Wildman–Crippen LogP) is 4.20. The zero-order valence-corrected chi connectivity index (χ0v) is 15.3. The summed E-state index contributed by atoms with van der Waals surface area (Å²) in [7, 11) is 0. The van der Waals surface area contributed by atoms with Crippen LogP contribution in [-0.4, -0.2) is 20.9 Å². The van der Waals surface area contributed by atoms with Crippen LogP contribution in [0.3, 0.4) is 0 Å². The summed E-state index contributed by atoms with van der Waals surface area (Å²) in [6.45, 7) is 5.12. The molecule has 0 bridgehead atoms. The van der Waals surface area contributed by atoms with Crippen molar-refractivity contribution in [2.45, 2.75) is 26.9 Å². The van der Waals surface area contributed by atoms with Crippen LogP contribution in [0.2, 0.25) is 0 Å². The molecule has 2 heterocycles. The smallest absolute Gasteiger partial charge is 0.258 e. The van der Waals surface area contributed by atoms with Crippen LogP contribution in [0.4, 0.5) is 5.69 Å². The minimum Gasteiger partial charge on any atom is -0.467 e. The molecule has 1 amide bonds. The van der Waals surface area contributed by atoms with Crippen LogP contribution in [0.25, 0.3) is 11.0 Å². The van der Waals surface area contributed by atoms with Gasteiger partial charge in [-0.25, -0.2) is 4.68 Å². The lowest BCUT2D eigenvalue weighted by Crippen LogP contribution is -2.30. The lowest BCUT2D eigenvalue weighted by atomic mass is 10.1. The fraction of sp³-hybridized carbons (Fsp3) is 0.190. The van der Waals surface area contributed by atoms with Gasteiger partial charge < -0.3 is 9.32 Å². The van der Waals surface area contributed by atoms with Gasteiger partial charge in [0, 0.05) is 17.8 Å². The van der Waals surface area contributed by atoms with E-state index in [4.69, 9.17) is 4.42 Å². The highest BCUT2D eigenvalue weighted by atomic mass is 16.3. The molecular formula is C21H20N4O2. The number of carbonyl (C=O) groups is 1. The Hall–Kier alpha value is -3.41. The van der Waals surface area contributed by atoms with E-state index in [0.29, 0.717) is 17.6 Å². The van der Waals surface area contributed by atoms with Crippen molar-refractivity contribution in [2.75, 3.05) is 4.90 Å². The number of aryl methyl sites for hydroxylation is 2. The number of hydrogen-bond donors (Lipinski definition) is 0. The molecule has 4 aromatic rings. The number of anilines is 1. The van der Waals surface area contributed by atoms with E-state index in [2.05, 4.69) is 10.3 Å². The van der Waals surface area contributed by atoms with Gasteiger partial charge in [-0.3, -0.25) is 4.79 Å². The summed E-state index contributed by atoms with van der Waals surface area (Å²) in [6, 6.07) is 17.1. The summed E-state index contributed by atoms with van der Waals surface area (Å²) in [5.41, 5.74) is 4.16. The Kier molecular flexibility index (Phi) is 4.46. The molecule has 2 aromatic carbocycles. The first-order valence-electron chi connectivity index (χ1n) is 8.90. The summed E-state index contributed by atoms with van der Waals surface area (Å²) in [6.07, 6.45) is 1.61. The van der Waals surface area contributed by atoms with Crippen LogP contribution in [-0.2, 0) is 13.1 Å². The van der Waals surface area contributed by atoms with Crippen LogP contribution in [0.15, 0.2) is 65.3 Å². The first kappa shape index (κ1) is 17.0. The van der Waals surface area contributed by atoms with Gasteiger partial charge in [0.15, 0.2) is 0 Å². The van der Waals surface area contributed by atoms with Gasteiger partial charge in [-0.05, 0) is 56.3 Å². The standard InChI is InChI=1S/C21H20N4O2/c1-3-25-20-11-8-16(13-19(20)22-23-25)21(26)24(14-18-5-4-12-27-18)17-9-6-15(2)7-10-17/h4-13H,3,14H2,1-2H3. The Morgan fingerprint density at radius 3 is 2.67 bits per heavy atom. The van der Waals surface area contributed by atoms with Crippen LogP contribution in [0, 0.1) is 6.92 Å². The number of furan rings is 1. The minimum atomic E-state index is -0.108. The number of hydrogen-bond acceptors (Lipinski definition) is 4. The van der Waals surface area contributed by atoms with Gasteiger partial charge in [-0.1, -0.05) is 22.9 Å². The number of carbonyl (C=O) groups excluding carboxylic acids is 1. The summed E-state index contributed by atoms with van der Waals surface area (Å²) >= 11 is 0. The van der Waals surface area contributed by atoms with Gasteiger partial charge >= 0.3 is 0 Å². The average Bonchev–Trinajstić information content (AvgIpc) is 3.35. The van der Waals surface area contributed by atoms with E-state index >= 15 is 0 Å². The molecule has 6 heteroatoms. The Labute approximate surface area is 157 Å². The third kappa shape index (κ3) is 3.33. The Bertz CT molecular complexity index is 1070. The molecule has 0 aliphatic carbocycles. The SMILES string of the molecule is CCn1nnc2cc(C(=O)N(Cc3ccco3)c3ccc(C)cc3)ccc21. The molecule has 136 valence electrons. The Balaban J connectivity index is 1.72. The summed E-state index contributed by atoms with van der Waals surface area (Å²) in [5, 5.41) is 8.29. The van der Waals surface area contributed by atoms with E-state index in [1.807, 2.05) is 67.1 Å². The molecule has 0 unspecified atom stereocenters. The maximum Gasteiger partial charge on any atom is 0.258 e. The second-order valence-electron chi connectivity index (χ2n) is 6.41. The number of benzene rings is 2. The molecule has 2 aromatic heterocycles. The summed E-state index contributed by atoms with van der Waals surface area (Å²) in [4.78, 5) is 15.0. The second-order valence-corrected chi connectivity index (χ2v) is 6.41. The monoisotopic (exact) mass is 360 g/mol. The van der Waals surface area contributed by atoms with Crippen molar-refractivity contribution in [3.05, 3.63) is 77.7 Å². The zero-order chi connectivity index (χ0) is 18.8. The fourth-order valence-corrected chi connectivity index (χ4v) is 3.06. The highest BCUT2D eigenvalue weighted by molar-refractivity contribution is 6.07. The molecule has 0 spiro atoms. The average molecular weight is 360 g/mol. The van der Waals surface area contributed by atoms with Crippen molar-refractivity contribution in [2.24, 2.45) is 0 Å². The summed E-state index contributed by atoms with van der Waals surface area (Å²) in [5.74, 6) is 0.616. The highest BCUT2D eigenvalue weighted by Gasteiger charge is 2.20. The van der Waals surface area contributed by atoms with Gasteiger partial charge in [0.25, 0.3) is 5.91 Å². The zero-order valence-electron chi connectivity index (χ0n) is 15.3. The lowest BCUT2D eigenvalue weighted by Gasteiger charge is -2.22. The Morgan fingerprint density at radius 2 is 1.96 bits per heavy atom. The van der Waals surface area contributed by atoms with Crippen LogP contribution in [0.5, 0.6) is 0 Å². The molecule has 4 rings (SSSR count). The quantitative estimate of drug-likeness (QED) is 0.535. The van der Waals surface area contributed by atoms with Gasteiger partial charge in [-0.15, -0.1) is 5.10 Å². The van der Waals surface area contributed by atoms with Crippen molar-refractivity contribution in [3.63, 3.8) is 0 Å². The number of fused-ring (bicyclic) bond motifs is 1. The predicted molar refractivity (Wildman–Crippen MR) is 104 cm³/mol. The molecule has 0 aliphatic heterocycles. The van der Waals surface area contributed by atoms with E-state index in [1.165, 1.54) is 0 Å². The molecule has 0 N–H and O–H groups in total. The van der Waals surface area contributed by atoms with Gasteiger partial charge in [0.05, 0.1) is 18.3 Å². The largest absolute Gasteiger partial charge is 0.467 e. The number of rotatable bonds is 5. The molecule has 0 saturated carbocycles. The molecule has 0 atom stereocenters. The van der Waals surface area contributed by atoms with Crippen LogP contribution >= 0.6 is 0 Å². The van der Waals surface area contributed by atoms with E-state index in [1.54, 1.807) is 17.2 Å². The lowest BCUT2D eigenvalue weighted by molar-refractivity contribution is 0.0983. The highest BCUT2D eigenvalue weighted by Crippen LogP contribution is 2.23. The second kappa shape index (κ2) is 7.07. The number of nitrogens with zero attached hydrogens (tertiary/aromatic N) is 4. The normalized spacial score (nSPS) is 11.0. The van der Waals surface area contributed by atoms with E-state index in [0.717, 1.165) is 29.1 Å². The van der Waals surface area contributed by atoms with Crippen molar-refractivity contribution < 1.29 is 9.21 Å². The van der Waals surface area contributed by atoms with Crippen molar-refractivity contribution in [1.82, 2.24) is 15.0 Å². The van der Waals surface area contributed by atoms with Crippen molar-refractivity contribution in [3.8, 4) is 0 Å². The van der Waals surface area contributed by atoms with Crippen molar-refractivity contribution >= 4 is 22.6 Å². The maximum atomic E-state index is 13.3. The molecule has 0 saturated heterocycles. The van der Waals surface area contributed by atoms with E-state index in [9.17, 15) is 4.79 Å². The summed E-state index contributed by atoms with van der Waals surface area (Å²) < 4.78 is 7.27. The van der Waals surface area contributed by atoms with Gasteiger partial charge in [0.2, 0.25) is 0 Å². The number of aromatic nitrogens is 3. The first-order chi connectivity index (χ1) is 13.2. The molecule has 0 fully saturated rings. The minimum absolute atomic E-state index is 0.108. The van der Waals surface area contributed by atoms with Crippen molar-refractivity contribution in [1.29, 1.82) is 0 Å². The molecule has 27 heavy (non-hydrogen) atoms. The molecule has 0 radical (unpaired) electrons. The molecular weight excluding hydrogens is 340 g/mol. The molecule has 0 aliphatic rings. The topological polar surface area (TPSA) is 64.2 Å². The first-order valence-corrected chi connectivity index (χ1v) is 8.90. The van der Waals surface area contributed by atoms with Crippen LogP contribution in [0.1, 0.15) is 28.6 Å². The third-order valence-electron chi connectivity index (χ3n) is 4.55. The van der Waals surface area contributed by atoms with Gasteiger partial charge in [0.1, 0.15) is 11.3 Å². The third-order valence-corrected chi connectivity index (χ3v) is 4.55. The van der Waals surface area contributed by atoms with Gasteiger partial charge in [-0.2, -0.15) is 0 Å². The number of amides is 1. The Morgan fingerprint density at radius 1 is 1.15 bits per heavy atom. The molecule has 6 nitrogen and oxygen atoms in total. The van der Waals surface area contributed by atoms with E-state index < -0.39 is 0 Å².